The van der Waals surface area contributed by atoms with Gasteiger partial charge in [0.25, 0.3) is 5.91 Å². The average molecular weight is 300 g/mol. The molecule has 0 unspecified atom stereocenters. The van der Waals surface area contributed by atoms with Gasteiger partial charge in [0, 0.05) is 30.6 Å². The van der Waals surface area contributed by atoms with Crippen molar-refractivity contribution in [3.05, 3.63) is 35.4 Å². The number of alkyl halides is 2. The van der Waals surface area contributed by atoms with Gasteiger partial charge < -0.3 is 4.90 Å². The molecule has 0 radical (unpaired) electrons. The Hall–Kier alpha value is -2.10. The lowest BCUT2D eigenvalue weighted by Crippen LogP contribution is -2.45. The van der Waals surface area contributed by atoms with Gasteiger partial charge >= 0.3 is 5.92 Å². The zero-order chi connectivity index (χ0) is 15.6. The van der Waals surface area contributed by atoms with Crippen molar-refractivity contribution in [2.75, 3.05) is 13.1 Å². The second-order valence-corrected chi connectivity index (χ2v) is 4.93. The molecule has 1 heterocycles. The number of nitrogens with zero attached hydrogens (tertiary/aromatic N) is 2. The van der Waals surface area contributed by atoms with Crippen LogP contribution in [-0.2, 0) is 10.7 Å². The van der Waals surface area contributed by atoms with Crippen LogP contribution >= 0.6 is 0 Å². The molecular formula is C14H12F4N2O. The molecule has 2 rings (SSSR count). The second-order valence-electron chi connectivity index (χ2n) is 4.93. The molecule has 1 aromatic rings. The number of carbonyl (C=O) groups is 1. The van der Waals surface area contributed by atoms with E-state index < -0.39 is 29.0 Å². The largest absolute Gasteiger partial charge is 0.350 e. The molecule has 21 heavy (non-hydrogen) atoms. The van der Waals surface area contributed by atoms with Crippen LogP contribution in [0.25, 0.3) is 0 Å². The SMILES string of the molecule is N#CC1CCN(C(=O)C(F)(F)c2cc(F)cc(F)c2)CC1. The van der Waals surface area contributed by atoms with Crippen molar-refractivity contribution < 1.29 is 22.4 Å². The van der Waals surface area contributed by atoms with Crippen LogP contribution in [0, 0.1) is 28.9 Å². The Bertz CT molecular complexity index is 569. The Kier molecular flexibility index (Phi) is 4.16. The fourth-order valence-electron chi connectivity index (χ4n) is 2.27. The maximum absolute atomic E-state index is 14.1. The smallest absolute Gasteiger partial charge is 0.337 e. The number of halogens is 4. The van der Waals surface area contributed by atoms with Gasteiger partial charge in [-0.15, -0.1) is 0 Å². The minimum atomic E-state index is -4.00. The highest BCUT2D eigenvalue weighted by molar-refractivity contribution is 5.85. The van der Waals surface area contributed by atoms with E-state index in [0.717, 1.165) is 4.90 Å². The standard InChI is InChI=1S/C14H12F4N2O/c15-11-5-10(6-12(16)7-11)14(17,18)13(21)20-3-1-9(8-19)2-4-20/h5-7,9H,1-4H2. The summed E-state index contributed by atoms with van der Waals surface area (Å²) in [6.45, 7) is 0.0644. The van der Waals surface area contributed by atoms with Crippen molar-refractivity contribution in [2.45, 2.75) is 18.8 Å². The molecule has 0 aromatic heterocycles. The van der Waals surface area contributed by atoms with Crippen molar-refractivity contribution in [3.8, 4) is 6.07 Å². The van der Waals surface area contributed by atoms with Gasteiger partial charge in [-0.25, -0.2) is 8.78 Å². The predicted molar refractivity (Wildman–Crippen MR) is 65.2 cm³/mol. The number of hydrogen-bond acceptors (Lipinski definition) is 2. The summed E-state index contributed by atoms with van der Waals surface area (Å²) >= 11 is 0. The predicted octanol–water partition coefficient (Wildman–Crippen LogP) is 2.82. The minimum absolute atomic E-state index is 0.0322. The van der Waals surface area contributed by atoms with E-state index >= 15 is 0 Å². The lowest BCUT2D eigenvalue weighted by Gasteiger charge is -2.32. The van der Waals surface area contributed by atoms with Gasteiger partial charge in [-0.05, 0) is 25.0 Å². The van der Waals surface area contributed by atoms with Gasteiger partial charge in [0.15, 0.2) is 0 Å². The fourth-order valence-corrected chi connectivity index (χ4v) is 2.27. The molecule has 0 spiro atoms. The van der Waals surface area contributed by atoms with Crippen LogP contribution in [0.1, 0.15) is 18.4 Å². The Labute approximate surface area is 118 Å². The van der Waals surface area contributed by atoms with E-state index in [1.165, 1.54) is 0 Å². The van der Waals surface area contributed by atoms with E-state index in [-0.39, 0.29) is 19.0 Å². The van der Waals surface area contributed by atoms with Crippen molar-refractivity contribution in [3.63, 3.8) is 0 Å². The van der Waals surface area contributed by atoms with Gasteiger partial charge in [-0.2, -0.15) is 14.0 Å². The van der Waals surface area contributed by atoms with Gasteiger partial charge in [0.05, 0.1) is 6.07 Å². The molecule has 112 valence electrons. The van der Waals surface area contributed by atoms with Crippen molar-refractivity contribution in [1.29, 1.82) is 5.26 Å². The zero-order valence-corrected chi connectivity index (χ0v) is 11.0. The number of likely N-dealkylation sites (tertiary alicyclic amines) is 1. The highest BCUT2D eigenvalue weighted by atomic mass is 19.3. The van der Waals surface area contributed by atoms with E-state index in [2.05, 4.69) is 0 Å². The summed E-state index contributed by atoms with van der Waals surface area (Å²) in [5.74, 6) is -8.08. The highest BCUT2D eigenvalue weighted by Gasteiger charge is 2.45. The average Bonchev–Trinajstić information content (AvgIpc) is 2.45. The third-order valence-corrected chi connectivity index (χ3v) is 3.46. The number of benzene rings is 1. The lowest BCUT2D eigenvalue weighted by atomic mass is 9.97. The number of carbonyl (C=O) groups excluding carboxylic acids is 1. The van der Waals surface area contributed by atoms with E-state index in [9.17, 15) is 22.4 Å². The van der Waals surface area contributed by atoms with Crippen LogP contribution in [0.4, 0.5) is 17.6 Å². The lowest BCUT2D eigenvalue weighted by molar-refractivity contribution is -0.160. The number of amides is 1. The van der Waals surface area contributed by atoms with Crippen LogP contribution < -0.4 is 0 Å². The minimum Gasteiger partial charge on any atom is -0.337 e. The molecule has 0 saturated carbocycles. The summed E-state index contributed by atoms with van der Waals surface area (Å²) in [6, 6.07) is 3.38. The third kappa shape index (κ3) is 3.15. The van der Waals surface area contributed by atoms with Crippen molar-refractivity contribution in [1.82, 2.24) is 4.90 Å². The monoisotopic (exact) mass is 300 g/mol. The summed E-state index contributed by atoms with van der Waals surface area (Å²) in [5, 5.41) is 8.73. The number of piperidine rings is 1. The summed E-state index contributed by atoms with van der Waals surface area (Å²) in [7, 11) is 0. The Balaban J connectivity index is 2.19. The Morgan fingerprint density at radius 3 is 2.19 bits per heavy atom. The first kappa shape index (κ1) is 15.3. The van der Waals surface area contributed by atoms with E-state index in [1.807, 2.05) is 6.07 Å². The molecule has 1 saturated heterocycles. The molecule has 0 N–H and O–H groups in total. The van der Waals surface area contributed by atoms with E-state index in [0.29, 0.717) is 31.0 Å². The molecule has 3 nitrogen and oxygen atoms in total. The number of hydrogen-bond donors (Lipinski definition) is 0. The summed E-state index contributed by atoms with van der Waals surface area (Å²) in [5.41, 5.74) is -1.01. The fraction of sp³-hybridized carbons (Fsp3) is 0.429. The molecule has 1 amide bonds. The molecule has 7 heteroatoms. The van der Waals surface area contributed by atoms with Crippen LogP contribution in [0.3, 0.4) is 0 Å². The highest BCUT2D eigenvalue weighted by Crippen LogP contribution is 2.32. The number of rotatable bonds is 2. The molecule has 0 atom stereocenters. The maximum atomic E-state index is 14.1. The normalized spacial score (nSPS) is 16.6. The molecule has 1 aliphatic rings. The molecule has 0 bridgehead atoms. The zero-order valence-electron chi connectivity index (χ0n) is 11.0. The van der Waals surface area contributed by atoms with Crippen LogP contribution in [0.5, 0.6) is 0 Å². The molecule has 1 aromatic carbocycles. The van der Waals surface area contributed by atoms with Crippen molar-refractivity contribution >= 4 is 5.91 Å². The van der Waals surface area contributed by atoms with Gasteiger partial charge in [-0.3, -0.25) is 4.79 Å². The maximum Gasteiger partial charge on any atom is 0.350 e. The van der Waals surface area contributed by atoms with Crippen LogP contribution in [0.2, 0.25) is 0 Å². The molecule has 0 aliphatic carbocycles. The number of nitriles is 1. The quantitative estimate of drug-likeness (QED) is 0.788. The summed E-state index contributed by atoms with van der Waals surface area (Å²) < 4.78 is 54.2. The molecule has 1 fully saturated rings. The first-order chi connectivity index (χ1) is 9.84. The van der Waals surface area contributed by atoms with Crippen molar-refractivity contribution in [2.24, 2.45) is 5.92 Å². The topological polar surface area (TPSA) is 44.1 Å². The van der Waals surface area contributed by atoms with Crippen LogP contribution in [-0.4, -0.2) is 23.9 Å². The summed E-state index contributed by atoms with van der Waals surface area (Å²) in [6.07, 6.45) is 0.631. The van der Waals surface area contributed by atoms with Gasteiger partial charge in [-0.1, -0.05) is 0 Å². The second kappa shape index (κ2) is 5.72. The summed E-state index contributed by atoms with van der Waals surface area (Å²) in [4.78, 5) is 12.8. The first-order valence-corrected chi connectivity index (χ1v) is 6.38. The van der Waals surface area contributed by atoms with Crippen LogP contribution in [0.15, 0.2) is 18.2 Å². The van der Waals surface area contributed by atoms with Gasteiger partial charge in [0.1, 0.15) is 11.6 Å². The molecule has 1 aliphatic heterocycles. The Morgan fingerprint density at radius 2 is 1.71 bits per heavy atom. The first-order valence-electron chi connectivity index (χ1n) is 6.38. The van der Waals surface area contributed by atoms with E-state index in [1.54, 1.807) is 0 Å². The third-order valence-electron chi connectivity index (χ3n) is 3.46. The Morgan fingerprint density at radius 1 is 1.19 bits per heavy atom. The van der Waals surface area contributed by atoms with Gasteiger partial charge in [0.2, 0.25) is 0 Å². The van der Waals surface area contributed by atoms with E-state index in [4.69, 9.17) is 5.26 Å². The molecular weight excluding hydrogens is 288 g/mol.